The highest BCUT2D eigenvalue weighted by Gasteiger charge is 2.57. The van der Waals surface area contributed by atoms with Crippen molar-refractivity contribution in [2.45, 2.75) is 48.8 Å². The predicted octanol–water partition coefficient (Wildman–Crippen LogP) is 2.05. The third-order valence-electron chi connectivity index (χ3n) is 7.24. The minimum atomic E-state index is -1.17. The van der Waals surface area contributed by atoms with Crippen LogP contribution in [0.2, 0.25) is 0 Å². The van der Waals surface area contributed by atoms with E-state index in [-0.39, 0.29) is 17.6 Å². The van der Waals surface area contributed by atoms with Gasteiger partial charge in [-0.25, -0.2) is 0 Å². The van der Waals surface area contributed by atoms with Crippen LogP contribution in [-0.4, -0.2) is 63.2 Å². The molecule has 2 saturated carbocycles. The first kappa shape index (κ1) is 19.1. The Bertz CT molecular complexity index is 852. The number of amides is 2. The number of ether oxygens (including phenoxy) is 1. The lowest BCUT2D eigenvalue weighted by atomic mass is 9.92. The molecule has 0 aromatic heterocycles. The number of carbonyl (C=O) groups excluding carboxylic acids is 2. The van der Waals surface area contributed by atoms with Crippen LogP contribution in [0.15, 0.2) is 24.3 Å². The van der Waals surface area contributed by atoms with Crippen molar-refractivity contribution < 1.29 is 18.5 Å². The average molecular weight is 417 g/mol. The second-order valence-corrected chi connectivity index (χ2v) is 10.7. The molecule has 2 heterocycles. The molecule has 1 spiro atoms. The lowest BCUT2D eigenvalue weighted by molar-refractivity contribution is -0.137. The van der Waals surface area contributed by atoms with Crippen LogP contribution >= 0.6 is 0 Å². The summed E-state index contributed by atoms with van der Waals surface area (Å²) >= 11 is 0. The highest BCUT2D eigenvalue weighted by Crippen LogP contribution is 2.51. The summed E-state index contributed by atoms with van der Waals surface area (Å²) in [4.78, 5) is 29.2. The van der Waals surface area contributed by atoms with Gasteiger partial charge in [0.15, 0.2) is 0 Å². The maximum Gasteiger partial charge on any atom is 0.236 e. The molecule has 2 aliphatic carbocycles. The Morgan fingerprint density at radius 3 is 2.34 bits per heavy atom. The Hall–Kier alpha value is -1.89. The largest absolute Gasteiger partial charge is 0.497 e. The smallest absolute Gasteiger partial charge is 0.236 e. The van der Waals surface area contributed by atoms with Crippen LogP contribution in [0.4, 0.5) is 0 Å². The Labute approximate surface area is 174 Å². The van der Waals surface area contributed by atoms with Crippen molar-refractivity contribution in [3.63, 3.8) is 0 Å². The highest BCUT2D eigenvalue weighted by molar-refractivity contribution is 7.87. The van der Waals surface area contributed by atoms with E-state index < -0.39 is 21.1 Å². The van der Waals surface area contributed by atoms with Gasteiger partial charge < -0.3 is 14.5 Å². The van der Waals surface area contributed by atoms with Gasteiger partial charge in [-0.05, 0) is 49.3 Å². The molecule has 7 heteroatoms. The maximum atomic E-state index is 13.4. The van der Waals surface area contributed by atoms with Crippen LogP contribution in [0, 0.1) is 5.92 Å². The standard InChI is InChI=1S/C22H28N2O4S/c1-28-18-6-4-17(5-7-18)21(8-9-21)20(26)23-12-10-22(11-13-23)24(14-16-2-3-16)19(25)15-29(22)27/h4-7,16H,2-3,8-15H2,1H3. The normalized spacial score (nSPS) is 27.3. The van der Waals surface area contributed by atoms with Crippen molar-refractivity contribution in [2.24, 2.45) is 5.92 Å². The van der Waals surface area contributed by atoms with Crippen molar-refractivity contribution in [1.82, 2.24) is 9.80 Å². The summed E-state index contributed by atoms with van der Waals surface area (Å²) in [5, 5.41) is 0. The Balaban J connectivity index is 1.30. The molecule has 2 amide bonds. The lowest BCUT2D eigenvalue weighted by Gasteiger charge is -2.44. The van der Waals surface area contributed by atoms with E-state index in [2.05, 4.69) is 0 Å². The zero-order valence-electron chi connectivity index (χ0n) is 16.9. The molecule has 0 bridgehead atoms. The van der Waals surface area contributed by atoms with E-state index >= 15 is 0 Å². The van der Waals surface area contributed by atoms with E-state index in [4.69, 9.17) is 4.74 Å². The van der Waals surface area contributed by atoms with Gasteiger partial charge in [-0.2, -0.15) is 0 Å². The lowest BCUT2D eigenvalue weighted by Crippen LogP contribution is -2.57. The maximum absolute atomic E-state index is 13.4. The summed E-state index contributed by atoms with van der Waals surface area (Å²) < 4.78 is 18.1. The molecule has 5 rings (SSSR count). The van der Waals surface area contributed by atoms with Crippen LogP contribution < -0.4 is 4.74 Å². The fraction of sp³-hybridized carbons (Fsp3) is 0.636. The zero-order valence-corrected chi connectivity index (χ0v) is 17.7. The molecule has 0 radical (unpaired) electrons. The number of likely N-dealkylation sites (tertiary alicyclic amines) is 1. The Kier molecular flexibility index (Phi) is 4.49. The Morgan fingerprint density at radius 1 is 1.14 bits per heavy atom. The fourth-order valence-electron chi connectivity index (χ4n) is 5.02. The van der Waals surface area contributed by atoms with Crippen LogP contribution in [0.25, 0.3) is 0 Å². The summed E-state index contributed by atoms with van der Waals surface area (Å²) in [5.41, 5.74) is 0.647. The molecule has 1 atom stereocenters. The molecule has 1 unspecified atom stereocenters. The number of piperidine rings is 1. The van der Waals surface area contributed by atoms with E-state index in [1.54, 1.807) is 7.11 Å². The Morgan fingerprint density at radius 2 is 1.79 bits per heavy atom. The summed E-state index contributed by atoms with van der Waals surface area (Å²) in [6.45, 7) is 1.90. The van der Waals surface area contributed by atoms with Crippen molar-refractivity contribution in [1.29, 1.82) is 0 Å². The predicted molar refractivity (Wildman–Crippen MR) is 110 cm³/mol. The summed E-state index contributed by atoms with van der Waals surface area (Å²) in [7, 11) is 0.474. The van der Waals surface area contributed by atoms with Gasteiger partial charge in [0.2, 0.25) is 11.8 Å². The summed E-state index contributed by atoms with van der Waals surface area (Å²) in [6, 6.07) is 7.82. The number of hydrogen-bond donors (Lipinski definition) is 0. The van der Waals surface area contributed by atoms with E-state index in [1.165, 1.54) is 12.8 Å². The number of nitrogens with zero attached hydrogens (tertiary/aromatic N) is 2. The molecule has 156 valence electrons. The van der Waals surface area contributed by atoms with Crippen molar-refractivity contribution in [2.75, 3.05) is 32.5 Å². The van der Waals surface area contributed by atoms with Crippen molar-refractivity contribution in [3.05, 3.63) is 29.8 Å². The van der Waals surface area contributed by atoms with Crippen LogP contribution in [0.1, 0.15) is 44.1 Å². The van der Waals surface area contributed by atoms with E-state index in [1.807, 2.05) is 34.1 Å². The quantitative estimate of drug-likeness (QED) is 0.737. The molecule has 1 aromatic rings. The third kappa shape index (κ3) is 3.09. The molecule has 1 aromatic carbocycles. The zero-order chi connectivity index (χ0) is 20.2. The van der Waals surface area contributed by atoms with Gasteiger partial charge in [-0.15, -0.1) is 0 Å². The summed E-state index contributed by atoms with van der Waals surface area (Å²) in [6.07, 6.45) is 5.34. The van der Waals surface area contributed by atoms with Gasteiger partial charge >= 0.3 is 0 Å². The number of benzene rings is 1. The third-order valence-corrected chi connectivity index (χ3v) is 9.23. The molecule has 29 heavy (non-hydrogen) atoms. The number of methoxy groups -OCH3 is 1. The van der Waals surface area contributed by atoms with Crippen molar-refractivity contribution in [3.8, 4) is 5.75 Å². The van der Waals surface area contributed by atoms with E-state index in [0.717, 1.165) is 30.7 Å². The monoisotopic (exact) mass is 416 g/mol. The second-order valence-electron chi connectivity index (χ2n) is 8.99. The molecule has 6 nitrogen and oxygen atoms in total. The minimum Gasteiger partial charge on any atom is -0.497 e. The molecule has 0 N–H and O–H groups in total. The molecule has 4 aliphatic rings. The fourth-order valence-corrected chi connectivity index (χ4v) is 6.73. The van der Waals surface area contributed by atoms with Gasteiger partial charge in [0, 0.05) is 32.5 Å². The van der Waals surface area contributed by atoms with Gasteiger partial charge in [-0.1, -0.05) is 12.1 Å². The van der Waals surface area contributed by atoms with Crippen LogP contribution in [0.5, 0.6) is 5.75 Å². The topological polar surface area (TPSA) is 66.9 Å². The number of hydrogen-bond acceptors (Lipinski definition) is 4. The molecular formula is C22H28N2O4S. The van der Waals surface area contributed by atoms with Gasteiger partial charge in [0.25, 0.3) is 0 Å². The molecule has 2 saturated heterocycles. The minimum absolute atomic E-state index is 0.0342. The highest BCUT2D eigenvalue weighted by atomic mass is 32.2. The molecular weight excluding hydrogens is 388 g/mol. The first-order valence-corrected chi connectivity index (χ1v) is 11.9. The molecule has 4 fully saturated rings. The van der Waals surface area contributed by atoms with Gasteiger partial charge in [0.05, 0.1) is 23.3 Å². The van der Waals surface area contributed by atoms with Gasteiger partial charge in [0.1, 0.15) is 16.4 Å². The number of rotatable bonds is 5. The second kappa shape index (κ2) is 6.83. The van der Waals surface area contributed by atoms with Crippen LogP contribution in [0.3, 0.4) is 0 Å². The van der Waals surface area contributed by atoms with Crippen molar-refractivity contribution >= 4 is 22.6 Å². The average Bonchev–Trinajstić information content (AvgIpc) is 3.66. The summed E-state index contributed by atoms with van der Waals surface area (Å²) in [5.74, 6) is 1.74. The van der Waals surface area contributed by atoms with Crippen LogP contribution in [-0.2, 0) is 25.8 Å². The number of carbonyl (C=O) groups is 2. The molecule has 2 aliphatic heterocycles. The van der Waals surface area contributed by atoms with E-state index in [0.29, 0.717) is 31.8 Å². The first-order chi connectivity index (χ1) is 14.0. The SMILES string of the molecule is COc1ccc(C2(C(=O)N3CCC4(CC3)N(CC3CC3)C(=O)CS4=O)CC2)cc1. The first-order valence-electron chi connectivity index (χ1n) is 10.6. The van der Waals surface area contributed by atoms with Gasteiger partial charge in [-0.3, -0.25) is 13.8 Å². The van der Waals surface area contributed by atoms with E-state index in [9.17, 15) is 13.8 Å².